The molecule has 1 aromatic rings. The number of carbonyl (C=O) groups is 1. The number of carbonyl (C=O) groups excluding carboxylic acids is 1. The topological polar surface area (TPSA) is 46.9 Å². The molecule has 1 aromatic heterocycles. The van der Waals surface area contributed by atoms with E-state index in [9.17, 15) is 4.79 Å². The van der Waals surface area contributed by atoms with Crippen LogP contribution in [0.2, 0.25) is 0 Å². The van der Waals surface area contributed by atoms with Crippen LogP contribution in [-0.4, -0.2) is 28.7 Å². The molecule has 1 aliphatic heterocycles. The maximum atomic E-state index is 12.1. The lowest BCUT2D eigenvalue weighted by atomic mass is 10.0. The van der Waals surface area contributed by atoms with E-state index in [0.29, 0.717) is 12.3 Å². The quantitative estimate of drug-likeness (QED) is 0.859. The van der Waals surface area contributed by atoms with Crippen LogP contribution < -0.4 is 5.32 Å². The van der Waals surface area contributed by atoms with Gasteiger partial charge < -0.3 is 5.32 Å². The Morgan fingerprint density at radius 2 is 2.56 bits per heavy atom. The lowest BCUT2D eigenvalue weighted by molar-refractivity contribution is 0.0953. The maximum Gasteiger partial charge on any atom is 0.182 e. The average Bonchev–Trinajstić information content (AvgIpc) is 2.87. The molecule has 1 unspecified atom stereocenters. The zero-order valence-electron chi connectivity index (χ0n) is 9.37. The van der Waals surface area contributed by atoms with Gasteiger partial charge in [0.1, 0.15) is 5.69 Å². The van der Waals surface area contributed by atoms with E-state index >= 15 is 0 Å². The second-order valence-corrected chi connectivity index (χ2v) is 5.00. The Balaban J connectivity index is 2.10. The van der Waals surface area contributed by atoms with Gasteiger partial charge in [0.15, 0.2) is 5.78 Å². The third-order valence-electron chi connectivity index (χ3n) is 2.99. The minimum atomic E-state index is 0.194. The number of aromatic nitrogens is 2. The Kier molecular flexibility index (Phi) is 3.76. The SMILES string of the molecule is CCn1ncc(Br)c1C(=O)CC1CCNC1. The fourth-order valence-electron chi connectivity index (χ4n) is 2.13. The van der Waals surface area contributed by atoms with Crippen molar-refractivity contribution >= 4 is 21.7 Å². The predicted molar refractivity (Wildman–Crippen MR) is 65.5 cm³/mol. The highest BCUT2D eigenvalue weighted by molar-refractivity contribution is 9.10. The molecule has 1 aliphatic rings. The van der Waals surface area contributed by atoms with Crippen molar-refractivity contribution in [3.63, 3.8) is 0 Å². The molecule has 1 atom stereocenters. The minimum Gasteiger partial charge on any atom is -0.316 e. The first-order chi connectivity index (χ1) is 7.72. The number of hydrogen-bond acceptors (Lipinski definition) is 3. The smallest absolute Gasteiger partial charge is 0.182 e. The van der Waals surface area contributed by atoms with Crippen LogP contribution in [0, 0.1) is 5.92 Å². The molecular weight excluding hydrogens is 270 g/mol. The largest absolute Gasteiger partial charge is 0.316 e. The van der Waals surface area contributed by atoms with E-state index in [0.717, 1.165) is 36.2 Å². The molecule has 5 heteroatoms. The van der Waals surface area contributed by atoms with Crippen LogP contribution in [0.25, 0.3) is 0 Å². The number of halogens is 1. The molecule has 1 fully saturated rings. The average molecular weight is 286 g/mol. The first-order valence-electron chi connectivity index (χ1n) is 5.67. The Morgan fingerprint density at radius 3 is 3.19 bits per heavy atom. The van der Waals surface area contributed by atoms with Crippen LogP contribution >= 0.6 is 15.9 Å². The first kappa shape index (κ1) is 11.8. The van der Waals surface area contributed by atoms with Crippen molar-refractivity contribution in [2.75, 3.05) is 13.1 Å². The molecule has 0 bridgehead atoms. The van der Waals surface area contributed by atoms with Gasteiger partial charge in [0, 0.05) is 13.0 Å². The van der Waals surface area contributed by atoms with Crippen molar-refractivity contribution in [1.82, 2.24) is 15.1 Å². The van der Waals surface area contributed by atoms with E-state index in [2.05, 4.69) is 26.3 Å². The molecule has 0 amide bonds. The molecule has 0 aromatic carbocycles. The Labute approximate surface area is 104 Å². The summed E-state index contributed by atoms with van der Waals surface area (Å²) in [7, 11) is 0. The molecule has 88 valence electrons. The van der Waals surface area contributed by atoms with Crippen molar-refractivity contribution < 1.29 is 4.79 Å². The van der Waals surface area contributed by atoms with Gasteiger partial charge in [-0.2, -0.15) is 5.10 Å². The van der Waals surface area contributed by atoms with E-state index in [1.807, 2.05) is 6.92 Å². The predicted octanol–water partition coefficient (Wildman–Crippen LogP) is 1.85. The minimum absolute atomic E-state index is 0.194. The summed E-state index contributed by atoms with van der Waals surface area (Å²) in [6.07, 6.45) is 3.42. The van der Waals surface area contributed by atoms with E-state index in [4.69, 9.17) is 0 Å². The van der Waals surface area contributed by atoms with Crippen molar-refractivity contribution in [3.05, 3.63) is 16.4 Å². The zero-order valence-corrected chi connectivity index (χ0v) is 11.0. The highest BCUT2D eigenvalue weighted by Gasteiger charge is 2.22. The van der Waals surface area contributed by atoms with Crippen molar-refractivity contribution in [3.8, 4) is 0 Å². The molecule has 2 heterocycles. The molecule has 0 saturated carbocycles. The fourth-order valence-corrected chi connectivity index (χ4v) is 2.64. The molecule has 2 rings (SSSR count). The molecule has 0 aliphatic carbocycles. The normalized spacial score (nSPS) is 20.2. The van der Waals surface area contributed by atoms with E-state index in [1.54, 1.807) is 10.9 Å². The second-order valence-electron chi connectivity index (χ2n) is 4.14. The molecule has 16 heavy (non-hydrogen) atoms. The van der Waals surface area contributed by atoms with Gasteiger partial charge in [0.25, 0.3) is 0 Å². The highest BCUT2D eigenvalue weighted by atomic mass is 79.9. The second kappa shape index (κ2) is 5.10. The summed E-state index contributed by atoms with van der Waals surface area (Å²) in [5.74, 6) is 0.680. The molecule has 0 spiro atoms. The number of Topliss-reactive ketones (excluding diaryl/α,β-unsaturated/α-hetero) is 1. The molecule has 4 nitrogen and oxygen atoms in total. The number of ketones is 1. The number of nitrogens with one attached hydrogen (secondary N) is 1. The van der Waals surface area contributed by atoms with E-state index in [1.165, 1.54) is 0 Å². The van der Waals surface area contributed by atoms with Gasteiger partial charge in [-0.15, -0.1) is 0 Å². The van der Waals surface area contributed by atoms with Gasteiger partial charge in [-0.25, -0.2) is 0 Å². The number of aryl methyl sites for hydroxylation is 1. The fraction of sp³-hybridized carbons (Fsp3) is 0.636. The first-order valence-corrected chi connectivity index (χ1v) is 6.47. The Bertz CT molecular complexity index is 383. The monoisotopic (exact) mass is 285 g/mol. The summed E-state index contributed by atoms with van der Waals surface area (Å²) in [6.45, 7) is 4.72. The van der Waals surface area contributed by atoms with Crippen molar-refractivity contribution in [2.45, 2.75) is 26.3 Å². The van der Waals surface area contributed by atoms with Crippen LogP contribution in [0.4, 0.5) is 0 Å². The number of nitrogens with zero attached hydrogens (tertiary/aromatic N) is 2. The summed E-state index contributed by atoms with van der Waals surface area (Å²) >= 11 is 3.39. The Hall–Kier alpha value is -0.680. The highest BCUT2D eigenvalue weighted by Crippen LogP contribution is 2.21. The van der Waals surface area contributed by atoms with Crippen molar-refractivity contribution in [1.29, 1.82) is 0 Å². The van der Waals surface area contributed by atoms with Crippen molar-refractivity contribution in [2.24, 2.45) is 5.92 Å². The van der Waals surface area contributed by atoms with Gasteiger partial charge in [-0.3, -0.25) is 9.48 Å². The molecule has 1 saturated heterocycles. The Morgan fingerprint density at radius 1 is 1.75 bits per heavy atom. The van der Waals surface area contributed by atoms with Crippen LogP contribution in [0.1, 0.15) is 30.3 Å². The zero-order chi connectivity index (χ0) is 11.5. The summed E-state index contributed by atoms with van der Waals surface area (Å²) in [5.41, 5.74) is 0.717. The van der Waals surface area contributed by atoms with Gasteiger partial charge in [0.2, 0.25) is 0 Å². The van der Waals surface area contributed by atoms with Gasteiger partial charge >= 0.3 is 0 Å². The van der Waals surface area contributed by atoms with E-state index < -0.39 is 0 Å². The third kappa shape index (κ3) is 2.35. The number of rotatable bonds is 4. The molecule has 1 N–H and O–H groups in total. The lowest BCUT2D eigenvalue weighted by Gasteiger charge is -2.08. The van der Waals surface area contributed by atoms with E-state index in [-0.39, 0.29) is 5.78 Å². The van der Waals surface area contributed by atoms with Crippen LogP contribution in [0.3, 0.4) is 0 Å². The summed E-state index contributed by atoms with van der Waals surface area (Å²) in [4.78, 5) is 12.1. The summed E-state index contributed by atoms with van der Waals surface area (Å²) < 4.78 is 2.57. The maximum absolute atomic E-state index is 12.1. The van der Waals surface area contributed by atoms with Crippen LogP contribution in [-0.2, 0) is 6.54 Å². The van der Waals surface area contributed by atoms with Crippen LogP contribution in [0.15, 0.2) is 10.7 Å². The van der Waals surface area contributed by atoms with Gasteiger partial charge in [0.05, 0.1) is 10.7 Å². The lowest BCUT2D eigenvalue weighted by Crippen LogP contribution is -2.16. The molecule has 0 radical (unpaired) electrons. The van der Waals surface area contributed by atoms with Crippen LogP contribution in [0.5, 0.6) is 0 Å². The molecular formula is C11H16BrN3O. The van der Waals surface area contributed by atoms with Gasteiger partial charge in [-0.1, -0.05) is 0 Å². The summed E-state index contributed by atoms with van der Waals surface area (Å²) in [5, 5.41) is 7.44. The standard InChI is InChI=1S/C11H16BrN3O/c1-2-15-11(9(12)7-14-15)10(16)5-8-3-4-13-6-8/h7-8,13H,2-6H2,1H3. The summed E-state index contributed by atoms with van der Waals surface area (Å²) in [6, 6.07) is 0. The van der Waals surface area contributed by atoms with Gasteiger partial charge in [-0.05, 0) is 48.3 Å². The third-order valence-corrected chi connectivity index (χ3v) is 3.58. The number of hydrogen-bond donors (Lipinski definition) is 1.